The highest BCUT2D eigenvalue weighted by atomic mass is 19.1. The molecule has 0 spiro atoms. The van der Waals surface area contributed by atoms with Crippen LogP contribution in [0.3, 0.4) is 0 Å². The van der Waals surface area contributed by atoms with Crippen molar-refractivity contribution in [3.63, 3.8) is 0 Å². The van der Waals surface area contributed by atoms with Crippen LogP contribution in [-0.2, 0) is 16.0 Å². The van der Waals surface area contributed by atoms with Gasteiger partial charge in [0, 0.05) is 29.9 Å². The van der Waals surface area contributed by atoms with Gasteiger partial charge in [0.2, 0.25) is 5.91 Å². The molecule has 0 unspecified atom stereocenters. The normalized spacial score (nSPS) is 13.3. The fourth-order valence-electron chi connectivity index (χ4n) is 4.42. The molecule has 0 aliphatic carbocycles. The molecule has 1 aliphatic heterocycles. The minimum atomic E-state index is -0.343. The standard InChI is InChI=1S/C31H30FN7O4/c1-42-27-19-22(30(41)39-14-16-43-17-15-39)6-11-26(27)35-31(33)36-28-13-12-25(37-38-28)21-4-9-24(10-5-21)34-29(40)18-20-2-7-23(32)8-3-20/h2-13,19H,14-18H2,1H3,(H,34,40)(H3,33,35,36,38). The van der Waals surface area contributed by atoms with E-state index in [1.54, 1.807) is 59.5 Å². The van der Waals surface area contributed by atoms with Crippen molar-refractivity contribution in [1.29, 1.82) is 0 Å². The van der Waals surface area contributed by atoms with Crippen molar-refractivity contribution in [2.24, 2.45) is 10.7 Å². The first-order chi connectivity index (χ1) is 20.9. The molecule has 43 heavy (non-hydrogen) atoms. The lowest BCUT2D eigenvalue weighted by molar-refractivity contribution is -0.115. The van der Waals surface area contributed by atoms with Crippen molar-refractivity contribution < 1.29 is 23.5 Å². The third-order valence-corrected chi connectivity index (χ3v) is 6.64. The van der Waals surface area contributed by atoms with E-state index in [1.807, 2.05) is 12.1 Å². The van der Waals surface area contributed by atoms with Gasteiger partial charge in [-0.3, -0.25) is 9.59 Å². The van der Waals surface area contributed by atoms with Crippen molar-refractivity contribution >= 4 is 35.0 Å². The number of methoxy groups -OCH3 is 1. The number of amides is 2. The molecule has 4 aromatic rings. The molecule has 12 heteroatoms. The Morgan fingerprint density at radius 3 is 2.40 bits per heavy atom. The van der Waals surface area contributed by atoms with E-state index in [0.717, 1.165) is 11.1 Å². The average molecular weight is 584 g/mol. The minimum absolute atomic E-state index is 0.0633. The molecule has 1 fully saturated rings. The minimum Gasteiger partial charge on any atom is -0.495 e. The Morgan fingerprint density at radius 2 is 1.72 bits per heavy atom. The fraction of sp³-hybridized carbons (Fsp3) is 0.194. The largest absolute Gasteiger partial charge is 0.495 e. The Bertz CT molecular complexity index is 1610. The smallest absolute Gasteiger partial charge is 0.254 e. The number of hydrogen-bond donors (Lipinski definition) is 3. The first kappa shape index (κ1) is 29.1. The number of nitrogens with two attached hydrogens (primary N) is 1. The molecular weight excluding hydrogens is 553 g/mol. The number of ether oxygens (including phenoxy) is 2. The molecule has 2 heterocycles. The van der Waals surface area contributed by atoms with Crippen LogP contribution in [0.25, 0.3) is 11.3 Å². The van der Waals surface area contributed by atoms with Gasteiger partial charge in [-0.25, -0.2) is 4.39 Å². The van der Waals surface area contributed by atoms with Gasteiger partial charge >= 0.3 is 0 Å². The van der Waals surface area contributed by atoms with Gasteiger partial charge in [-0.2, -0.15) is 4.99 Å². The van der Waals surface area contributed by atoms with Gasteiger partial charge in [0.1, 0.15) is 11.6 Å². The highest BCUT2D eigenvalue weighted by Crippen LogP contribution is 2.27. The number of carbonyl (C=O) groups is 2. The van der Waals surface area contributed by atoms with Crippen LogP contribution in [0.4, 0.5) is 21.6 Å². The van der Waals surface area contributed by atoms with Gasteiger partial charge < -0.3 is 30.7 Å². The SMILES string of the molecule is COc1cc(C(=O)N2CCOCC2)ccc1NC(N)=Nc1ccc(-c2ccc(NC(=O)Cc3ccc(F)cc3)cc2)nn1. The Labute approximate surface area is 247 Å². The number of aromatic nitrogens is 2. The summed E-state index contributed by atoms with van der Waals surface area (Å²) in [5.74, 6) is 0.150. The molecule has 5 rings (SSSR count). The lowest BCUT2D eigenvalue weighted by Crippen LogP contribution is -2.40. The maximum Gasteiger partial charge on any atom is 0.254 e. The summed E-state index contributed by atoms with van der Waals surface area (Å²) in [6.45, 7) is 2.13. The van der Waals surface area contributed by atoms with E-state index in [-0.39, 0.29) is 35.8 Å². The van der Waals surface area contributed by atoms with Gasteiger partial charge in [-0.05, 0) is 60.2 Å². The Hall–Kier alpha value is -5.36. The van der Waals surface area contributed by atoms with Crippen molar-refractivity contribution in [2.45, 2.75) is 6.42 Å². The monoisotopic (exact) mass is 583 g/mol. The first-order valence-electron chi connectivity index (χ1n) is 13.5. The number of carbonyl (C=O) groups excluding carboxylic acids is 2. The maximum absolute atomic E-state index is 13.1. The van der Waals surface area contributed by atoms with Gasteiger partial charge in [0.15, 0.2) is 11.8 Å². The zero-order valence-corrected chi connectivity index (χ0v) is 23.4. The molecule has 1 saturated heterocycles. The summed E-state index contributed by atoms with van der Waals surface area (Å²) in [4.78, 5) is 31.1. The number of nitrogens with one attached hydrogen (secondary N) is 2. The first-order valence-corrected chi connectivity index (χ1v) is 13.5. The number of aliphatic imine (C=N–C) groups is 1. The number of anilines is 2. The van der Waals surface area contributed by atoms with E-state index in [9.17, 15) is 14.0 Å². The summed E-state index contributed by atoms with van der Waals surface area (Å²) in [5.41, 5.74) is 9.90. The van der Waals surface area contributed by atoms with Crippen molar-refractivity contribution in [2.75, 3.05) is 44.0 Å². The number of nitrogens with zero attached hydrogens (tertiary/aromatic N) is 4. The number of rotatable bonds is 8. The molecule has 11 nitrogen and oxygen atoms in total. The van der Waals surface area contributed by atoms with Crippen LogP contribution >= 0.6 is 0 Å². The predicted molar refractivity (Wildman–Crippen MR) is 161 cm³/mol. The van der Waals surface area contributed by atoms with Gasteiger partial charge in [-0.15, -0.1) is 10.2 Å². The summed E-state index contributed by atoms with van der Waals surface area (Å²) < 4.78 is 23.9. The van der Waals surface area contributed by atoms with Crippen molar-refractivity contribution in [3.05, 3.63) is 95.8 Å². The van der Waals surface area contributed by atoms with Crippen LogP contribution in [-0.4, -0.2) is 66.3 Å². The molecule has 2 amide bonds. The Kier molecular flexibility index (Phi) is 9.17. The molecule has 4 N–H and O–H groups in total. The maximum atomic E-state index is 13.1. The Balaban J connectivity index is 1.18. The number of halogens is 1. The molecule has 0 saturated carbocycles. The van der Waals surface area contributed by atoms with Gasteiger partial charge in [0.05, 0.1) is 38.1 Å². The molecule has 220 valence electrons. The van der Waals surface area contributed by atoms with E-state index in [2.05, 4.69) is 25.8 Å². The third-order valence-electron chi connectivity index (χ3n) is 6.64. The lowest BCUT2D eigenvalue weighted by atomic mass is 10.1. The molecular formula is C31H30FN7O4. The summed E-state index contributed by atoms with van der Waals surface area (Å²) in [6.07, 6.45) is 0.139. The zero-order chi connectivity index (χ0) is 30.2. The third kappa shape index (κ3) is 7.68. The number of benzene rings is 3. The molecule has 0 radical (unpaired) electrons. The second-order valence-electron chi connectivity index (χ2n) is 9.65. The summed E-state index contributed by atoms with van der Waals surface area (Å²) in [7, 11) is 1.51. The van der Waals surface area contributed by atoms with Crippen LogP contribution in [0.5, 0.6) is 5.75 Å². The van der Waals surface area contributed by atoms with Crippen molar-refractivity contribution in [1.82, 2.24) is 15.1 Å². The second-order valence-corrected chi connectivity index (χ2v) is 9.65. The number of guanidine groups is 1. The molecule has 1 aromatic heterocycles. The van der Waals surface area contributed by atoms with E-state index < -0.39 is 0 Å². The van der Waals surface area contributed by atoms with Gasteiger partial charge in [-0.1, -0.05) is 24.3 Å². The summed E-state index contributed by atoms with van der Waals surface area (Å²) in [6, 6.07) is 21.5. The zero-order valence-electron chi connectivity index (χ0n) is 23.4. The van der Waals surface area contributed by atoms with Crippen molar-refractivity contribution in [3.8, 4) is 17.0 Å². The summed E-state index contributed by atoms with van der Waals surface area (Å²) in [5, 5.41) is 14.2. The van der Waals surface area contributed by atoms with Crippen LogP contribution in [0, 0.1) is 5.82 Å². The van der Waals surface area contributed by atoms with E-state index in [4.69, 9.17) is 15.2 Å². The van der Waals surface area contributed by atoms with Crippen LogP contribution < -0.4 is 21.1 Å². The van der Waals surface area contributed by atoms with E-state index in [0.29, 0.717) is 54.7 Å². The summed E-state index contributed by atoms with van der Waals surface area (Å²) >= 11 is 0. The van der Waals surface area contributed by atoms with Crippen LogP contribution in [0.1, 0.15) is 15.9 Å². The molecule has 0 atom stereocenters. The lowest BCUT2D eigenvalue weighted by Gasteiger charge is -2.27. The molecule has 0 bridgehead atoms. The Morgan fingerprint density at radius 1 is 0.977 bits per heavy atom. The fourth-order valence-corrected chi connectivity index (χ4v) is 4.42. The molecule has 3 aromatic carbocycles. The van der Waals surface area contributed by atoms with E-state index >= 15 is 0 Å². The quantitative estimate of drug-likeness (QED) is 0.209. The van der Waals surface area contributed by atoms with Crippen LogP contribution in [0.2, 0.25) is 0 Å². The molecule has 1 aliphatic rings. The second kappa shape index (κ2) is 13.5. The van der Waals surface area contributed by atoms with Crippen LogP contribution in [0.15, 0.2) is 83.9 Å². The van der Waals surface area contributed by atoms with Gasteiger partial charge in [0.25, 0.3) is 5.91 Å². The average Bonchev–Trinajstić information content (AvgIpc) is 3.03. The highest BCUT2D eigenvalue weighted by molar-refractivity contribution is 5.98. The predicted octanol–water partition coefficient (Wildman–Crippen LogP) is 4.00. The number of morpholine rings is 1. The highest BCUT2D eigenvalue weighted by Gasteiger charge is 2.20. The van der Waals surface area contributed by atoms with E-state index in [1.165, 1.54) is 19.2 Å². The number of hydrogen-bond acceptors (Lipinski definition) is 7. The topological polar surface area (TPSA) is 144 Å².